The summed E-state index contributed by atoms with van der Waals surface area (Å²) in [4.78, 5) is 11.4. The number of fused-ring (bicyclic) bond motifs is 1. The normalized spacial score (nSPS) is 10.8. The first-order chi connectivity index (χ1) is 8.99. The zero-order valence-electron chi connectivity index (χ0n) is 12.0. The first kappa shape index (κ1) is 13.5. The molecule has 0 aliphatic rings. The minimum atomic E-state index is 0.158. The Labute approximate surface area is 112 Å². The molecule has 4 nitrogen and oxygen atoms in total. The number of hydrogen-bond acceptors (Lipinski definition) is 3. The Morgan fingerprint density at radius 3 is 2.32 bits per heavy atom. The van der Waals surface area contributed by atoms with Crippen LogP contribution in [-0.2, 0) is 18.3 Å². The Kier molecular flexibility index (Phi) is 3.51. The molecule has 0 saturated heterocycles. The molecule has 0 unspecified atom stereocenters. The van der Waals surface area contributed by atoms with E-state index in [-0.39, 0.29) is 5.78 Å². The average Bonchev–Trinajstić information content (AvgIpc) is 2.61. The van der Waals surface area contributed by atoms with Crippen LogP contribution < -0.4 is 9.47 Å². The number of ketones is 1. The van der Waals surface area contributed by atoms with E-state index < -0.39 is 0 Å². The molecule has 0 saturated carbocycles. The summed E-state index contributed by atoms with van der Waals surface area (Å²) in [5, 5.41) is 1.05. The Morgan fingerprint density at radius 1 is 1.21 bits per heavy atom. The van der Waals surface area contributed by atoms with Gasteiger partial charge in [0, 0.05) is 30.6 Å². The summed E-state index contributed by atoms with van der Waals surface area (Å²) < 4.78 is 12.7. The van der Waals surface area contributed by atoms with E-state index in [1.165, 1.54) is 0 Å². The summed E-state index contributed by atoms with van der Waals surface area (Å²) in [6.07, 6.45) is 0.443. The highest BCUT2D eigenvalue weighted by Gasteiger charge is 2.16. The molecular weight excluding hydrogens is 242 g/mol. The summed E-state index contributed by atoms with van der Waals surface area (Å²) >= 11 is 0. The summed E-state index contributed by atoms with van der Waals surface area (Å²) in [6.45, 7) is 3.64. The number of rotatable bonds is 4. The van der Waals surface area contributed by atoms with Crippen LogP contribution in [0.5, 0.6) is 11.5 Å². The lowest BCUT2D eigenvalue weighted by molar-refractivity contribution is -0.116. The van der Waals surface area contributed by atoms with Crippen LogP contribution in [0.25, 0.3) is 10.9 Å². The molecule has 1 aromatic carbocycles. The van der Waals surface area contributed by atoms with E-state index in [0.717, 1.165) is 22.2 Å². The third-order valence-electron chi connectivity index (χ3n) is 3.55. The average molecular weight is 261 g/mol. The highest BCUT2D eigenvalue weighted by Crippen LogP contribution is 2.36. The number of benzene rings is 1. The number of methoxy groups -OCH3 is 2. The lowest BCUT2D eigenvalue weighted by Crippen LogP contribution is -1.99. The van der Waals surface area contributed by atoms with E-state index in [1.807, 2.05) is 26.1 Å². The lowest BCUT2D eigenvalue weighted by Gasteiger charge is -2.08. The summed E-state index contributed by atoms with van der Waals surface area (Å²) in [5.74, 6) is 1.54. The van der Waals surface area contributed by atoms with Gasteiger partial charge in [-0.1, -0.05) is 0 Å². The van der Waals surface area contributed by atoms with Gasteiger partial charge in [0.2, 0.25) is 0 Å². The molecule has 0 atom stereocenters. The fourth-order valence-electron chi connectivity index (χ4n) is 2.44. The van der Waals surface area contributed by atoms with E-state index in [1.54, 1.807) is 21.1 Å². The van der Waals surface area contributed by atoms with Crippen LogP contribution >= 0.6 is 0 Å². The zero-order chi connectivity index (χ0) is 14.2. The van der Waals surface area contributed by atoms with Gasteiger partial charge in [-0.05, 0) is 25.5 Å². The summed E-state index contributed by atoms with van der Waals surface area (Å²) in [6, 6.07) is 3.89. The number of nitrogens with zero attached hydrogens (tertiary/aromatic N) is 1. The maximum Gasteiger partial charge on any atom is 0.162 e. The Balaban J connectivity index is 2.76. The summed E-state index contributed by atoms with van der Waals surface area (Å²) in [5.41, 5.74) is 3.21. The van der Waals surface area contributed by atoms with E-state index in [2.05, 4.69) is 4.57 Å². The predicted molar refractivity (Wildman–Crippen MR) is 75.1 cm³/mol. The van der Waals surface area contributed by atoms with Gasteiger partial charge in [-0.15, -0.1) is 0 Å². The molecule has 0 spiro atoms. The number of aromatic nitrogens is 1. The molecular formula is C15H19NO3. The second-order valence-corrected chi connectivity index (χ2v) is 4.73. The van der Waals surface area contributed by atoms with Crippen molar-refractivity contribution < 1.29 is 14.3 Å². The van der Waals surface area contributed by atoms with Crippen LogP contribution in [0.3, 0.4) is 0 Å². The van der Waals surface area contributed by atoms with E-state index >= 15 is 0 Å². The predicted octanol–water partition coefficient (Wildman–Crippen LogP) is 2.64. The van der Waals surface area contributed by atoms with Crippen LogP contribution in [0.1, 0.15) is 18.2 Å². The van der Waals surface area contributed by atoms with E-state index in [4.69, 9.17) is 9.47 Å². The maximum atomic E-state index is 11.4. The van der Waals surface area contributed by atoms with Gasteiger partial charge in [0.1, 0.15) is 5.78 Å². The fourth-order valence-corrected chi connectivity index (χ4v) is 2.44. The van der Waals surface area contributed by atoms with Gasteiger partial charge in [0.05, 0.1) is 19.7 Å². The maximum absolute atomic E-state index is 11.4. The van der Waals surface area contributed by atoms with Gasteiger partial charge in [-0.2, -0.15) is 0 Å². The highest BCUT2D eigenvalue weighted by molar-refractivity contribution is 5.92. The molecule has 0 aliphatic carbocycles. The number of aryl methyl sites for hydroxylation is 1. The second kappa shape index (κ2) is 4.96. The Hall–Kier alpha value is -1.97. The van der Waals surface area contributed by atoms with Crippen molar-refractivity contribution in [3.05, 3.63) is 23.4 Å². The Bertz CT molecular complexity index is 641. The summed E-state index contributed by atoms with van der Waals surface area (Å²) in [7, 11) is 5.23. The Morgan fingerprint density at radius 2 is 1.79 bits per heavy atom. The van der Waals surface area contributed by atoms with Gasteiger partial charge in [-0.3, -0.25) is 4.79 Å². The van der Waals surface area contributed by atoms with Crippen molar-refractivity contribution >= 4 is 16.7 Å². The first-order valence-corrected chi connectivity index (χ1v) is 6.19. The molecule has 2 rings (SSSR count). The van der Waals surface area contributed by atoms with E-state index in [0.29, 0.717) is 17.9 Å². The quantitative estimate of drug-likeness (QED) is 0.849. The van der Waals surface area contributed by atoms with Crippen molar-refractivity contribution in [3.8, 4) is 11.5 Å². The number of Topliss-reactive ketones (excluding diaryl/α,β-unsaturated/α-hetero) is 1. The van der Waals surface area contributed by atoms with Crippen molar-refractivity contribution in [3.63, 3.8) is 0 Å². The largest absolute Gasteiger partial charge is 0.493 e. The van der Waals surface area contributed by atoms with Crippen molar-refractivity contribution in [2.75, 3.05) is 14.2 Å². The lowest BCUT2D eigenvalue weighted by atomic mass is 10.1. The fraction of sp³-hybridized carbons (Fsp3) is 0.400. The number of carbonyl (C=O) groups excluding carboxylic acids is 1. The molecule has 2 aromatic rings. The highest BCUT2D eigenvalue weighted by atomic mass is 16.5. The van der Waals surface area contributed by atoms with Gasteiger partial charge in [0.15, 0.2) is 11.5 Å². The monoisotopic (exact) mass is 261 g/mol. The van der Waals surface area contributed by atoms with Gasteiger partial charge < -0.3 is 14.0 Å². The molecule has 4 heteroatoms. The third kappa shape index (κ3) is 2.18. The number of ether oxygens (including phenoxy) is 2. The van der Waals surface area contributed by atoms with Crippen molar-refractivity contribution in [1.82, 2.24) is 4.57 Å². The third-order valence-corrected chi connectivity index (χ3v) is 3.55. The minimum Gasteiger partial charge on any atom is -0.493 e. The van der Waals surface area contributed by atoms with Gasteiger partial charge >= 0.3 is 0 Å². The molecule has 102 valence electrons. The van der Waals surface area contributed by atoms with Crippen LogP contribution in [0.2, 0.25) is 0 Å². The first-order valence-electron chi connectivity index (χ1n) is 6.19. The molecule has 0 fully saturated rings. The van der Waals surface area contributed by atoms with Crippen LogP contribution in [0.15, 0.2) is 12.1 Å². The molecule has 0 radical (unpaired) electrons. The molecule has 0 amide bonds. The number of carbonyl (C=O) groups is 1. The topological polar surface area (TPSA) is 40.5 Å². The van der Waals surface area contributed by atoms with Crippen LogP contribution in [-0.4, -0.2) is 24.6 Å². The van der Waals surface area contributed by atoms with Crippen LogP contribution in [0.4, 0.5) is 0 Å². The molecule has 19 heavy (non-hydrogen) atoms. The molecule has 1 heterocycles. The number of hydrogen-bond donors (Lipinski definition) is 0. The minimum absolute atomic E-state index is 0.158. The standard InChI is InChI=1S/C15H19NO3/c1-9(17)6-11-10(2)16(3)13-8-15(19-5)14(18-4)7-12(11)13/h7-8H,6H2,1-5H3. The second-order valence-electron chi connectivity index (χ2n) is 4.73. The smallest absolute Gasteiger partial charge is 0.162 e. The van der Waals surface area contributed by atoms with Crippen molar-refractivity contribution in [2.24, 2.45) is 7.05 Å². The molecule has 0 aliphatic heterocycles. The zero-order valence-corrected chi connectivity index (χ0v) is 12.0. The van der Waals surface area contributed by atoms with Crippen molar-refractivity contribution in [2.45, 2.75) is 20.3 Å². The van der Waals surface area contributed by atoms with Crippen LogP contribution in [0, 0.1) is 6.92 Å². The van der Waals surface area contributed by atoms with Gasteiger partial charge in [-0.25, -0.2) is 0 Å². The molecule has 0 bridgehead atoms. The van der Waals surface area contributed by atoms with Crippen molar-refractivity contribution in [1.29, 1.82) is 0 Å². The van der Waals surface area contributed by atoms with E-state index in [9.17, 15) is 4.79 Å². The van der Waals surface area contributed by atoms with Gasteiger partial charge in [0.25, 0.3) is 0 Å². The molecule has 1 aromatic heterocycles. The molecule has 0 N–H and O–H groups in total. The SMILES string of the molecule is COc1cc2c(CC(C)=O)c(C)n(C)c2cc1OC.